The largest absolute Gasteiger partial charge is 0.414 e. The fraction of sp³-hybridized carbons (Fsp3) is 0.308. The van der Waals surface area contributed by atoms with Crippen LogP contribution in [0.15, 0.2) is 30.5 Å². The molecule has 0 aromatic carbocycles. The summed E-state index contributed by atoms with van der Waals surface area (Å²) < 4.78 is 3.52. The molecule has 2 aromatic rings. The van der Waals surface area contributed by atoms with E-state index in [2.05, 4.69) is 21.9 Å². The molecule has 0 atom stereocenters. The monoisotopic (exact) mass is 256 g/mol. The molecule has 6 heteroatoms. The highest BCUT2D eigenvalue weighted by Gasteiger charge is 2.24. The first-order valence-corrected chi connectivity index (χ1v) is 6.25. The van der Waals surface area contributed by atoms with Crippen LogP contribution in [-0.2, 0) is 11.5 Å². The Morgan fingerprint density at radius 3 is 3.11 bits per heavy atom. The molecule has 1 aliphatic heterocycles. The maximum Gasteiger partial charge on any atom is 0.414 e. The summed E-state index contributed by atoms with van der Waals surface area (Å²) in [7, 11) is 0. The molecule has 96 valence electrons. The minimum absolute atomic E-state index is 0.0133. The van der Waals surface area contributed by atoms with Crippen molar-refractivity contribution in [1.82, 2.24) is 19.5 Å². The van der Waals surface area contributed by atoms with Crippen molar-refractivity contribution in [3.05, 3.63) is 30.5 Å². The van der Waals surface area contributed by atoms with Crippen molar-refractivity contribution in [2.45, 2.75) is 26.4 Å². The number of fused-ring (bicyclic) bond motifs is 1. The molecule has 0 fully saturated rings. The summed E-state index contributed by atoms with van der Waals surface area (Å²) in [5.74, 6) is 0.0133. The van der Waals surface area contributed by atoms with Gasteiger partial charge in [0.15, 0.2) is 11.9 Å². The van der Waals surface area contributed by atoms with Crippen molar-refractivity contribution in [3.8, 4) is 0 Å². The van der Waals surface area contributed by atoms with Crippen molar-refractivity contribution in [2.24, 2.45) is 0 Å². The van der Waals surface area contributed by atoms with Crippen molar-refractivity contribution >= 4 is 23.3 Å². The third kappa shape index (κ3) is 2.16. The third-order valence-corrected chi connectivity index (χ3v) is 3.04. The number of rotatable bonds is 4. The Balaban J connectivity index is 1.87. The molecular formula is C13H14N5O+. The number of aromatic nitrogens is 4. The van der Waals surface area contributed by atoms with Crippen LogP contribution in [-0.4, -0.2) is 36.2 Å². The van der Waals surface area contributed by atoms with Gasteiger partial charge in [0.2, 0.25) is 6.67 Å². The molecule has 3 rings (SSSR count). The number of nitrogens with zero attached hydrogens (tertiary/aromatic N) is 5. The Hall–Kier alpha value is -2.37. The lowest BCUT2D eigenvalue weighted by atomic mass is 10.2. The van der Waals surface area contributed by atoms with E-state index < -0.39 is 0 Å². The van der Waals surface area contributed by atoms with Gasteiger partial charge in [0.1, 0.15) is 18.2 Å². The number of carbonyl (C=O) groups is 1. The van der Waals surface area contributed by atoms with Crippen molar-refractivity contribution in [2.75, 3.05) is 0 Å². The predicted molar refractivity (Wildman–Crippen MR) is 69.6 cm³/mol. The van der Waals surface area contributed by atoms with E-state index in [1.54, 1.807) is 23.2 Å². The van der Waals surface area contributed by atoms with Crippen molar-refractivity contribution in [1.29, 1.82) is 0 Å². The van der Waals surface area contributed by atoms with Gasteiger partial charge in [0.25, 0.3) is 0 Å². The van der Waals surface area contributed by atoms with Crippen LogP contribution in [0.2, 0.25) is 0 Å². The maximum absolute atomic E-state index is 11.9. The second-order valence-electron chi connectivity index (χ2n) is 4.49. The van der Waals surface area contributed by atoms with Crippen molar-refractivity contribution < 1.29 is 9.37 Å². The van der Waals surface area contributed by atoms with Gasteiger partial charge in [0.05, 0.1) is 12.3 Å². The van der Waals surface area contributed by atoms with Gasteiger partial charge in [-0.1, -0.05) is 13.3 Å². The summed E-state index contributed by atoms with van der Waals surface area (Å²) in [6.45, 7) is 2.53. The molecule has 0 radical (unpaired) electrons. The summed E-state index contributed by atoms with van der Waals surface area (Å²) in [5, 5.41) is 0. The minimum atomic E-state index is 0.0133. The summed E-state index contributed by atoms with van der Waals surface area (Å²) in [5.41, 5.74) is 2.54. The van der Waals surface area contributed by atoms with Crippen LogP contribution in [0.5, 0.6) is 0 Å². The molecule has 1 aliphatic rings. The number of hydrogen-bond acceptors (Lipinski definition) is 4. The second-order valence-corrected chi connectivity index (χ2v) is 4.49. The molecule has 3 heterocycles. The van der Waals surface area contributed by atoms with Gasteiger partial charge in [0, 0.05) is 5.57 Å². The van der Waals surface area contributed by atoms with Gasteiger partial charge < -0.3 is 0 Å². The van der Waals surface area contributed by atoms with E-state index in [9.17, 15) is 4.79 Å². The molecule has 0 bridgehead atoms. The summed E-state index contributed by atoms with van der Waals surface area (Å²) in [6.07, 6.45) is 10.4. The van der Waals surface area contributed by atoms with E-state index in [4.69, 9.17) is 0 Å². The quantitative estimate of drug-likeness (QED) is 0.769. The molecule has 0 N–H and O–H groups in total. The molecule has 2 aromatic heterocycles. The predicted octanol–water partition coefficient (Wildman–Crippen LogP) is 1.13. The van der Waals surface area contributed by atoms with Crippen LogP contribution in [0, 0.1) is 0 Å². The first-order valence-electron chi connectivity index (χ1n) is 6.25. The zero-order chi connectivity index (χ0) is 13.2. The molecule has 1 amide bonds. The molecule has 19 heavy (non-hydrogen) atoms. The van der Waals surface area contributed by atoms with E-state index in [0.717, 1.165) is 29.6 Å². The molecule has 0 saturated carbocycles. The molecule has 0 saturated heterocycles. The average Bonchev–Trinajstić information content (AvgIpc) is 2.96. The summed E-state index contributed by atoms with van der Waals surface area (Å²) in [6, 6.07) is 0. The number of allylic oxidation sites excluding steroid dienone is 1. The molecule has 0 unspecified atom stereocenters. The topological polar surface area (TPSA) is 63.7 Å². The highest BCUT2D eigenvalue weighted by Crippen LogP contribution is 2.11. The lowest BCUT2D eigenvalue weighted by Crippen LogP contribution is -2.19. The van der Waals surface area contributed by atoms with E-state index in [1.165, 1.54) is 6.33 Å². The van der Waals surface area contributed by atoms with Gasteiger partial charge >= 0.3 is 5.91 Å². The highest BCUT2D eigenvalue weighted by molar-refractivity contribution is 5.96. The number of amides is 1. The number of hydrogen-bond donors (Lipinski definition) is 0. The van der Waals surface area contributed by atoms with E-state index >= 15 is 0 Å². The zero-order valence-corrected chi connectivity index (χ0v) is 10.7. The molecule has 6 nitrogen and oxygen atoms in total. The van der Waals surface area contributed by atoms with Gasteiger partial charge in [-0.15, -0.1) is 4.58 Å². The second kappa shape index (κ2) is 4.72. The van der Waals surface area contributed by atoms with E-state index in [-0.39, 0.29) is 5.91 Å². The fourth-order valence-corrected chi connectivity index (χ4v) is 2.16. The van der Waals surface area contributed by atoms with Gasteiger partial charge in [-0.25, -0.2) is 19.7 Å². The zero-order valence-electron chi connectivity index (χ0n) is 10.7. The molecular weight excluding hydrogens is 242 g/mol. The lowest BCUT2D eigenvalue weighted by molar-refractivity contribution is -0.468. The van der Waals surface area contributed by atoms with Crippen LogP contribution in [0.3, 0.4) is 0 Å². The number of carbonyl (C=O) groups excluding carboxylic acids is 1. The lowest BCUT2D eigenvalue weighted by Gasteiger charge is -1.98. The van der Waals surface area contributed by atoms with Crippen molar-refractivity contribution in [3.63, 3.8) is 0 Å². The number of imidazole rings is 1. The first-order chi connectivity index (χ1) is 9.28. The van der Waals surface area contributed by atoms with E-state index in [1.807, 2.05) is 10.8 Å². The Morgan fingerprint density at radius 1 is 1.37 bits per heavy atom. The van der Waals surface area contributed by atoms with Crippen LogP contribution in [0.25, 0.3) is 11.2 Å². The Labute approximate surface area is 110 Å². The first kappa shape index (κ1) is 11.7. The van der Waals surface area contributed by atoms with Crippen LogP contribution in [0.1, 0.15) is 19.8 Å². The third-order valence-electron chi connectivity index (χ3n) is 3.04. The standard InChI is InChI=1S/C13H14N5O/c1-2-3-10-4-12(19)17(6-10)9-18-8-16-11-5-14-7-15-13(11)18/h4-8H,2-3,9H2,1H3/q+1. The summed E-state index contributed by atoms with van der Waals surface area (Å²) >= 11 is 0. The normalized spacial score (nSPS) is 14.9. The molecule has 0 aliphatic carbocycles. The summed E-state index contributed by atoms with van der Waals surface area (Å²) in [4.78, 5) is 24.2. The van der Waals surface area contributed by atoms with Crippen LogP contribution >= 0.6 is 0 Å². The van der Waals surface area contributed by atoms with Gasteiger partial charge in [-0.05, 0) is 6.42 Å². The smallest absolute Gasteiger partial charge is 0.257 e. The van der Waals surface area contributed by atoms with Gasteiger partial charge in [-0.2, -0.15) is 0 Å². The van der Waals surface area contributed by atoms with Gasteiger partial charge in [-0.3, -0.25) is 4.57 Å². The van der Waals surface area contributed by atoms with E-state index in [0.29, 0.717) is 6.67 Å². The minimum Gasteiger partial charge on any atom is -0.257 e. The van der Waals surface area contributed by atoms with Crippen LogP contribution in [0.4, 0.5) is 0 Å². The highest BCUT2D eigenvalue weighted by atomic mass is 16.2. The Morgan fingerprint density at radius 2 is 2.26 bits per heavy atom. The SMILES string of the molecule is CCCC1=CC(=O)[N+](Cn2cnc3cncnc32)=C1. The fourth-order valence-electron chi connectivity index (χ4n) is 2.16. The Bertz CT molecular complexity index is 698. The Kier molecular flexibility index (Phi) is 2.91. The van der Waals surface area contributed by atoms with Crippen LogP contribution < -0.4 is 0 Å². The maximum atomic E-state index is 11.9. The average molecular weight is 256 g/mol. The molecule has 0 spiro atoms.